The molecule has 0 rings (SSSR count). The maximum atomic E-state index is 4.85. The van der Waals surface area contributed by atoms with Crippen LogP contribution in [-0.4, -0.2) is 11.5 Å². The van der Waals surface area contributed by atoms with Crippen LogP contribution in [0.3, 0.4) is 0 Å². The fraction of sp³-hybridized carbons (Fsp3) is 1.00. The van der Waals surface area contributed by atoms with Crippen LogP contribution in [-0.2, 0) is 0 Å². The summed E-state index contributed by atoms with van der Waals surface area (Å²) in [7, 11) is 0. The van der Waals surface area contributed by atoms with E-state index in [0.717, 1.165) is 6.54 Å². The van der Waals surface area contributed by atoms with E-state index in [1.807, 2.05) is 11.9 Å². The highest BCUT2D eigenvalue weighted by molar-refractivity contribution is 14.1. The fourth-order valence-electron chi connectivity index (χ4n) is 0. The van der Waals surface area contributed by atoms with Gasteiger partial charge in [0.05, 0.1) is 0 Å². The van der Waals surface area contributed by atoms with Crippen molar-refractivity contribution in [2.45, 2.75) is 6.92 Å². The van der Waals surface area contributed by atoms with E-state index in [4.69, 9.17) is 5.73 Å². The van der Waals surface area contributed by atoms with Gasteiger partial charge >= 0.3 is 0 Å². The lowest BCUT2D eigenvalue weighted by atomic mass is 10.8. The zero-order chi connectivity index (χ0) is 4.71. The van der Waals surface area contributed by atoms with Gasteiger partial charge in [0.25, 0.3) is 0 Å². The maximum Gasteiger partial charge on any atom is -0.0106 e. The van der Waals surface area contributed by atoms with Crippen LogP contribution in [0.5, 0.6) is 0 Å². The Hall–Kier alpha value is 0.690. The van der Waals surface area contributed by atoms with Gasteiger partial charge in [0.15, 0.2) is 0 Å². The molecule has 2 N–H and O–H groups in total. The van der Waals surface area contributed by atoms with Crippen LogP contribution in [0.1, 0.15) is 6.92 Å². The van der Waals surface area contributed by atoms with Crippen molar-refractivity contribution >= 4 is 22.6 Å². The summed E-state index contributed by atoms with van der Waals surface area (Å²) in [5.74, 6) is 0. The predicted octanol–water partition coefficient (Wildman–Crippen LogP) is 1.02. The minimum absolute atomic E-state index is 0.750. The Morgan fingerprint density at radius 3 is 1.60 bits per heavy atom. The van der Waals surface area contributed by atoms with Crippen molar-refractivity contribution < 1.29 is 0 Å². The van der Waals surface area contributed by atoms with E-state index < -0.39 is 0 Å². The van der Waals surface area contributed by atoms with Gasteiger partial charge in [-0.3, -0.25) is 0 Å². The second kappa shape index (κ2) is 22.4. The molecule has 0 aromatic carbocycles. The Labute approximate surface area is 47.1 Å². The summed E-state index contributed by atoms with van der Waals surface area (Å²) in [6, 6.07) is 0. The zero-order valence-electron chi connectivity index (χ0n) is 3.66. The lowest BCUT2D eigenvalue weighted by Crippen LogP contribution is -1.87. The van der Waals surface area contributed by atoms with Crippen LogP contribution in [0.4, 0.5) is 0 Å². The number of halogens is 1. The normalized spacial score (nSPS) is 4.80. The average Bonchev–Trinajstić information content (AvgIpc) is 1.46. The Kier molecular flexibility index (Phi) is 41.1. The van der Waals surface area contributed by atoms with Crippen molar-refractivity contribution in [1.82, 2.24) is 0 Å². The smallest absolute Gasteiger partial charge is 0.0106 e. The van der Waals surface area contributed by atoms with Gasteiger partial charge in [-0.15, -0.1) is 0 Å². The molecule has 0 amide bonds. The molecule has 2 heteroatoms. The van der Waals surface area contributed by atoms with E-state index in [-0.39, 0.29) is 0 Å². The SMILES string of the molecule is CCN.CI. The van der Waals surface area contributed by atoms with Crippen molar-refractivity contribution in [3.05, 3.63) is 0 Å². The van der Waals surface area contributed by atoms with Crippen molar-refractivity contribution in [2.24, 2.45) is 5.73 Å². The molecule has 0 spiro atoms. The van der Waals surface area contributed by atoms with Gasteiger partial charge in [-0.25, -0.2) is 0 Å². The Morgan fingerprint density at radius 2 is 1.60 bits per heavy atom. The molecule has 0 aromatic heterocycles. The molecule has 0 aliphatic heterocycles. The van der Waals surface area contributed by atoms with Gasteiger partial charge in [-0.1, -0.05) is 29.5 Å². The quantitative estimate of drug-likeness (QED) is 0.444. The molecule has 0 aliphatic carbocycles. The van der Waals surface area contributed by atoms with Gasteiger partial charge in [0.2, 0.25) is 0 Å². The zero-order valence-corrected chi connectivity index (χ0v) is 5.82. The highest BCUT2D eigenvalue weighted by Gasteiger charge is 1.32. The molecule has 0 unspecified atom stereocenters. The van der Waals surface area contributed by atoms with E-state index in [1.54, 1.807) is 0 Å². The van der Waals surface area contributed by atoms with Crippen LogP contribution >= 0.6 is 22.6 Å². The molecule has 0 atom stereocenters. The minimum Gasteiger partial charge on any atom is -0.331 e. The average molecular weight is 187 g/mol. The van der Waals surface area contributed by atoms with Crippen molar-refractivity contribution in [1.29, 1.82) is 0 Å². The summed E-state index contributed by atoms with van der Waals surface area (Å²) in [6.07, 6.45) is 0. The first-order valence-electron chi connectivity index (χ1n) is 1.49. The first-order chi connectivity index (χ1) is 2.41. The van der Waals surface area contributed by atoms with E-state index in [0.29, 0.717) is 0 Å². The van der Waals surface area contributed by atoms with Crippen LogP contribution in [0.25, 0.3) is 0 Å². The van der Waals surface area contributed by atoms with Crippen molar-refractivity contribution in [3.8, 4) is 0 Å². The van der Waals surface area contributed by atoms with Crippen LogP contribution in [0.15, 0.2) is 0 Å². The lowest BCUT2D eigenvalue weighted by Gasteiger charge is -1.53. The fourth-order valence-corrected chi connectivity index (χ4v) is 0. The van der Waals surface area contributed by atoms with E-state index in [1.165, 1.54) is 0 Å². The molecule has 0 heterocycles. The van der Waals surface area contributed by atoms with Crippen molar-refractivity contribution in [3.63, 3.8) is 0 Å². The number of hydrogen-bond acceptors (Lipinski definition) is 1. The molecule has 1 nitrogen and oxygen atoms in total. The molecule has 0 saturated carbocycles. The second-order valence-corrected chi connectivity index (χ2v) is 0.408. The standard InChI is InChI=1S/C2H7N.CH3I/c1-2-3;1-2/h2-3H2,1H3;1H3. The molecular weight excluding hydrogens is 177 g/mol. The third-order valence-electron chi connectivity index (χ3n) is 0. The molecule has 0 aromatic rings. The monoisotopic (exact) mass is 187 g/mol. The largest absolute Gasteiger partial charge is 0.331 e. The Morgan fingerprint density at radius 1 is 1.60 bits per heavy atom. The first kappa shape index (κ1) is 9.19. The van der Waals surface area contributed by atoms with Crippen LogP contribution in [0.2, 0.25) is 0 Å². The summed E-state index contributed by atoms with van der Waals surface area (Å²) >= 11 is 2.15. The van der Waals surface area contributed by atoms with Gasteiger partial charge in [-0.05, 0) is 11.5 Å². The van der Waals surface area contributed by atoms with Gasteiger partial charge in [0.1, 0.15) is 0 Å². The number of alkyl halides is 1. The molecule has 0 saturated heterocycles. The topological polar surface area (TPSA) is 26.0 Å². The highest BCUT2D eigenvalue weighted by atomic mass is 127. The van der Waals surface area contributed by atoms with Gasteiger partial charge in [0, 0.05) is 0 Å². The molecule has 0 fully saturated rings. The molecule has 34 valence electrons. The number of nitrogens with two attached hydrogens (primary N) is 1. The van der Waals surface area contributed by atoms with E-state index >= 15 is 0 Å². The molecule has 5 heavy (non-hydrogen) atoms. The summed E-state index contributed by atoms with van der Waals surface area (Å²) in [4.78, 5) is 1.97. The third-order valence-corrected chi connectivity index (χ3v) is 0. The second-order valence-electron chi connectivity index (χ2n) is 0.408. The Balaban J connectivity index is 0. The summed E-state index contributed by atoms with van der Waals surface area (Å²) in [5.41, 5.74) is 4.85. The summed E-state index contributed by atoms with van der Waals surface area (Å²) in [5, 5.41) is 0. The minimum atomic E-state index is 0.750. The Bertz CT molecular complexity index is 6.85. The maximum absolute atomic E-state index is 4.85. The summed E-state index contributed by atoms with van der Waals surface area (Å²) < 4.78 is 0. The highest BCUT2D eigenvalue weighted by Crippen LogP contribution is 1.48. The number of rotatable bonds is 0. The van der Waals surface area contributed by atoms with Crippen LogP contribution in [0, 0.1) is 0 Å². The van der Waals surface area contributed by atoms with Crippen molar-refractivity contribution in [2.75, 3.05) is 11.5 Å². The third kappa shape index (κ3) is 71.3. The molecular formula is C3H10IN. The van der Waals surface area contributed by atoms with E-state index in [9.17, 15) is 0 Å². The predicted molar refractivity (Wildman–Crippen MR) is 34.7 cm³/mol. The first-order valence-corrected chi connectivity index (χ1v) is 3.65. The van der Waals surface area contributed by atoms with Crippen LogP contribution < -0.4 is 5.73 Å². The van der Waals surface area contributed by atoms with E-state index in [2.05, 4.69) is 22.6 Å². The molecule has 0 bridgehead atoms. The lowest BCUT2D eigenvalue weighted by molar-refractivity contribution is 1.14. The molecule has 0 aliphatic rings. The van der Waals surface area contributed by atoms with Gasteiger partial charge in [-0.2, -0.15) is 0 Å². The number of hydrogen-bond donors (Lipinski definition) is 1. The summed E-state index contributed by atoms with van der Waals surface area (Å²) in [6.45, 7) is 2.65. The molecule has 0 radical (unpaired) electrons. The van der Waals surface area contributed by atoms with Gasteiger partial charge < -0.3 is 5.73 Å².